The lowest BCUT2D eigenvalue weighted by atomic mass is 9.97. The molecule has 1 N–H and O–H groups in total. The van der Waals surface area contributed by atoms with Crippen LogP contribution in [0.5, 0.6) is 0 Å². The zero-order chi connectivity index (χ0) is 20.3. The van der Waals surface area contributed by atoms with Gasteiger partial charge in [-0.05, 0) is 61.9 Å². The Morgan fingerprint density at radius 1 is 1.07 bits per heavy atom. The monoisotopic (exact) mass is 392 g/mol. The molecule has 0 aliphatic carbocycles. The van der Waals surface area contributed by atoms with Gasteiger partial charge in [-0.3, -0.25) is 4.79 Å². The summed E-state index contributed by atoms with van der Waals surface area (Å²) in [5.74, 6) is 0.414. The first-order valence-electron chi connectivity index (χ1n) is 9.84. The van der Waals surface area contributed by atoms with E-state index in [0.717, 1.165) is 28.2 Å². The molecular formula is C24H28N2OS. The molecule has 0 radical (unpaired) electrons. The maximum atomic E-state index is 12.8. The first kappa shape index (κ1) is 20.4. The molecule has 2 aromatic carbocycles. The number of thioether (sulfide) groups is 1. The third kappa shape index (κ3) is 4.39. The Morgan fingerprint density at radius 3 is 2.57 bits per heavy atom. The van der Waals surface area contributed by atoms with Gasteiger partial charge in [0.1, 0.15) is 0 Å². The number of nitrogens with zero attached hydrogens (tertiary/aromatic N) is 1. The maximum absolute atomic E-state index is 12.8. The van der Waals surface area contributed by atoms with Crippen molar-refractivity contribution in [1.82, 2.24) is 4.98 Å². The Hall–Kier alpha value is -2.33. The number of fused-ring (bicyclic) bond motifs is 1. The average molecular weight is 393 g/mol. The minimum Gasteiger partial charge on any atom is -0.325 e. The summed E-state index contributed by atoms with van der Waals surface area (Å²) < 4.78 is 0. The Bertz CT molecular complexity index is 999. The Labute approximate surface area is 172 Å². The summed E-state index contributed by atoms with van der Waals surface area (Å²) in [5.41, 5.74) is 5.45. The second-order valence-corrected chi connectivity index (χ2v) is 8.76. The lowest BCUT2D eigenvalue weighted by Crippen LogP contribution is -2.23. The van der Waals surface area contributed by atoms with E-state index in [-0.39, 0.29) is 11.2 Å². The van der Waals surface area contributed by atoms with Crippen molar-refractivity contribution in [2.24, 2.45) is 0 Å². The van der Waals surface area contributed by atoms with Crippen molar-refractivity contribution in [3.8, 4) is 0 Å². The van der Waals surface area contributed by atoms with Crippen LogP contribution in [-0.2, 0) is 4.79 Å². The van der Waals surface area contributed by atoms with Crippen molar-refractivity contribution >= 4 is 34.3 Å². The zero-order valence-corrected chi connectivity index (χ0v) is 18.1. The topological polar surface area (TPSA) is 42.0 Å². The van der Waals surface area contributed by atoms with E-state index in [1.165, 1.54) is 28.3 Å². The summed E-state index contributed by atoms with van der Waals surface area (Å²) in [7, 11) is 0. The highest BCUT2D eigenvalue weighted by molar-refractivity contribution is 8.00. The first-order valence-corrected chi connectivity index (χ1v) is 10.7. The van der Waals surface area contributed by atoms with E-state index in [0.29, 0.717) is 5.92 Å². The van der Waals surface area contributed by atoms with Gasteiger partial charge in [0, 0.05) is 11.1 Å². The van der Waals surface area contributed by atoms with Crippen LogP contribution in [-0.4, -0.2) is 16.1 Å². The Morgan fingerprint density at radius 2 is 1.82 bits per heavy atom. The SMILES string of the molecule is CC[C@@H](C)c1ccccc1NC(=O)[C@@H](C)Sc1cc(C)c2cccc(C)c2n1. The van der Waals surface area contributed by atoms with Gasteiger partial charge >= 0.3 is 0 Å². The van der Waals surface area contributed by atoms with Crippen LogP contribution in [0.4, 0.5) is 5.69 Å². The van der Waals surface area contributed by atoms with E-state index in [4.69, 9.17) is 4.98 Å². The highest BCUT2D eigenvalue weighted by Crippen LogP contribution is 2.30. The maximum Gasteiger partial charge on any atom is 0.237 e. The van der Waals surface area contributed by atoms with Crippen molar-refractivity contribution in [2.75, 3.05) is 5.32 Å². The number of aryl methyl sites for hydroxylation is 2. The molecule has 4 heteroatoms. The van der Waals surface area contributed by atoms with Crippen molar-refractivity contribution < 1.29 is 4.79 Å². The first-order chi connectivity index (χ1) is 13.4. The van der Waals surface area contributed by atoms with Gasteiger partial charge in [0.15, 0.2) is 0 Å². The van der Waals surface area contributed by atoms with Gasteiger partial charge < -0.3 is 5.32 Å². The van der Waals surface area contributed by atoms with E-state index in [9.17, 15) is 4.79 Å². The van der Waals surface area contributed by atoms with Gasteiger partial charge in [-0.25, -0.2) is 4.98 Å². The van der Waals surface area contributed by atoms with Crippen LogP contribution in [0, 0.1) is 13.8 Å². The smallest absolute Gasteiger partial charge is 0.237 e. The van der Waals surface area contributed by atoms with E-state index in [2.05, 4.69) is 63.3 Å². The Kier molecular flexibility index (Phi) is 6.40. The second-order valence-electron chi connectivity index (χ2n) is 7.39. The van der Waals surface area contributed by atoms with Gasteiger partial charge in [-0.2, -0.15) is 0 Å². The van der Waals surface area contributed by atoms with E-state index >= 15 is 0 Å². The van der Waals surface area contributed by atoms with Crippen molar-refractivity contribution in [2.45, 2.75) is 57.2 Å². The Balaban J connectivity index is 1.79. The number of hydrogen-bond donors (Lipinski definition) is 1. The number of benzene rings is 2. The van der Waals surface area contributed by atoms with Crippen LogP contribution < -0.4 is 5.32 Å². The summed E-state index contributed by atoms with van der Waals surface area (Å²) in [6.07, 6.45) is 1.04. The third-order valence-corrected chi connectivity index (χ3v) is 6.27. The molecule has 3 aromatic rings. The molecule has 0 fully saturated rings. The molecule has 146 valence electrons. The standard InChI is InChI=1S/C24H28N2OS/c1-6-15(2)19-11-7-8-13-21(19)25-24(27)18(5)28-22-14-17(4)20-12-9-10-16(3)23(20)26-22/h7-15,18H,6H2,1-5H3,(H,25,27)/t15-,18-/m1/s1. The summed E-state index contributed by atoms with van der Waals surface area (Å²) in [6.45, 7) is 10.5. The highest BCUT2D eigenvalue weighted by atomic mass is 32.2. The third-order valence-electron chi connectivity index (χ3n) is 5.25. The van der Waals surface area contributed by atoms with Crippen LogP contribution in [0.15, 0.2) is 53.6 Å². The molecule has 0 saturated heterocycles. The van der Waals surface area contributed by atoms with Gasteiger partial charge in [0.25, 0.3) is 0 Å². The van der Waals surface area contributed by atoms with Crippen molar-refractivity contribution in [3.05, 3.63) is 65.2 Å². The largest absolute Gasteiger partial charge is 0.325 e. The normalized spacial score (nSPS) is 13.3. The van der Waals surface area contributed by atoms with E-state index < -0.39 is 0 Å². The number of carbonyl (C=O) groups is 1. The zero-order valence-electron chi connectivity index (χ0n) is 17.2. The van der Waals surface area contributed by atoms with Crippen LogP contribution in [0.25, 0.3) is 10.9 Å². The molecule has 2 atom stereocenters. The van der Waals surface area contributed by atoms with Crippen LogP contribution >= 0.6 is 11.8 Å². The highest BCUT2D eigenvalue weighted by Gasteiger charge is 2.18. The number of hydrogen-bond acceptors (Lipinski definition) is 3. The lowest BCUT2D eigenvalue weighted by molar-refractivity contribution is -0.115. The molecule has 1 aromatic heterocycles. The summed E-state index contributed by atoms with van der Waals surface area (Å²) in [6, 6.07) is 16.4. The van der Waals surface area contributed by atoms with Crippen molar-refractivity contribution in [3.63, 3.8) is 0 Å². The van der Waals surface area contributed by atoms with E-state index in [1.807, 2.05) is 25.1 Å². The minimum atomic E-state index is -0.238. The average Bonchev–Trinajstić information content (AvgIpc) is 2.68. The lowest BCUT2D eigenvalue weighted by Gasteiger charge is -2.18. The van der Waals surface area contributed by atoms with Crippen molar-refractivity contribution in [1.29, 1.82) is 0 Å². The number of carbonyl (C=O) groups excluding carboxylic acids is 1. The van der Waals surface area contributed by atoms with Gasteiger partial charge in [0.2, 0.25) is 5.91 Å². The fraction of sp³-hybridized carbons (Fsp3) is 0.333. The fourth-order valence-electron chi connectivity index (χ4n) is 3.32. The molecule has 28 heavy (non-hydrogen) atoms. The summed E-state index contributed by atoms with van der Waals surface area (Å²) >= 11 is 1.51. The minimum absolute atomic E-state index is 0.00471. The molecule has 0 saturated carbocycles. The second kappa shape index (κ2) is 8.78. The molecule has 0 spiro atoms. The fourth-order valence-corrected chi connectivity index (χ4v) is 4.24. The van der Waals surface area contributed by atoms with E-state index in [1.54, 1.807) is 0 Å². The quantitative estimate of drug-likeness (QED) is 0.488. The van der Waals surface area contributed by atoms with Crippen LogP contribution in [0.1, 0.15) is 49.8 Å². The molecular weight excluding hydrogens is 364 g/mol. The molecule has 0 unspecified atom stereocenters. The predicted molar refractivity (Wildman–Crippen MR) is 120 cm³/mol. The summed E-state index contributed by atoms with van der Waals surface area (Å²) in [4.78, 5) is 17.6. The number of rotatable bonds is 6. The number of aromatic nitrogens is 1. The number of pyridine rings is 1. The molecule has 1 amide bonds. The predicted octanol–water partition coefficient (Wildman–Crippen LogP) is 6.48. The molecule has 0 aliphatic heterocycles. The molecule has 3 rings (SSSR count). The van der Waals surface area contributed by atoms with Gasteiger partial charge in [-0.1, -0.05) is 62.0 Å². The van der Waals surface area contributed by atoms with Crippen LogP contribution in [0.2, 0.25) is 0 Å². The molecule has 1 heterocycles. The van der Waals surface area contributed by atoms with Crippen LogP contribution in [0.3, 0.4) is 0 Å². The molecule has 0 bridgehead atoms. The molecule has 3 nitrogen and oxygen atoms in total. The molecule has 0 aliphatic rings. The number of nitrogens with one attached hydrogen (secondary N) is 1. The number of amides is 1. The number of para-hydroxylation sites is 2. The van der Waals surface area contributed by atoms with Gasteiger partial charge in [0.05, 0.1) is 15.8 Å². The van der Waals surface area contributed by atoms with Gasteiger partial charge in [-0.15, -0.1) is 0 Å². The number of anilines is 1. The summed E-state index contributed by atoms with van der Waals surface area (Å²) in [5, 5.41) is 4.94.